The van der Waals surface area contributed by atoms with Crippen LogP contribution in [0.5, 0.6) is 0 Å². The quantitative estimate of drug-likeness (QED) is 0.870. The van der Waals surface area contributed by atoms with E-state index in [1.807, 2.05) is 36.8 Å². The molecule has 0 radical (unpaired) electrons. The van der Waals surface area contributed by atoms with Crippen LogP contribution in [0, 0.1) is 0 Å². The van der Waals surface area contributed by atoms with Crippen LogP contribution < -0.4 is 10.2 Å². The van der Waals surface area contributed by atoms with Crippen molar-refractivity contribution in [1.29, 1.82) is 0 Å². The average molecular weight is 238 g/mol. The number of aromatic nitrogens is 2. The first-order valence-corrected chi connectivity index (χ1v) is 6.76. The number of nitrogens with one attached hydrogen (secondary N) is 1. The van der Waals surface area contributed by atoms with Gasteiger partial charge in [0.1, 0.15) is 5.82 Å². The lowest BCUT2D eigenvalue weighted by Crippen LogP contribution is -2.26. The molecule has 1 atom stereocenters. The van der Waals surface area contributed by atoms with Crippen molar-refractivity contribution in [3.05, 3.63) is 12.3 Å². The Balaban J connectivity index is 2.00. The maximum absolute atomic E-state index is 4.46. The van der Waals surface area contributed by atoms with E-state index in [0.717, 1.165) is 11.8 Å². The molecule has 2 heterocycles. The third-order valence-corrected chi connectivity index (χ3v) is 3.77. The lowest BCUT2D eigenvalue weighted by molar-refractivity contribution is 0.682. The summed E-state index contributed by atoms with van der Waals surface area (Å²) in [5.74, 6) is 4.17. The van der Waals surface area contributed by atoms with Gasteiger partial charge in [0.15, 0.2) is 0 Å². The smallest absolute Gasteiger partial charge is 0.226 e. The first-order valence-electron chi connectivity index (χ1n) is 5.60. The molecule has 88 valence electrons. The van der Waals surface area contributed by atoms with E-state index in [1.54, 1.807) is 6.20 Å². The van der Waals surface area contributed by atoms with Crippen molar-refractivity contribution in [1.82, 2.24) is 9.97 Å². The van der Waals surface area contributed by atoms with Gasteiger partial charge in [-0.15, -0.1) is 0 Å². The summed E-state index contributed by atoms with van der Waals surface area (Å²) >= 11 is 2.02. The van der Waals surface area contributed by atoms with Crippen LogP contribution in [0.3, 0.4) is 0 Å². The van der Waals surface area contributed by atoms with Crippen LogP contribution in [0.1, 0.15) is 12.8 Å². The molecule has 2 rings (SSSR count). The summed E-state index contributed by atoms with van der Waals surface area (Å²) in [4.78, 5) is 10.6. The van der Waals surface area contributed by atoms with Crippen molar-refractivity contribution in [2.75, 3.05) is 35.8 Å². The van der Waals surface area contributed by atoms with Gasteiger partial charge in [0.2, 0.25) is 5.95 Å². The van der Waals surface area contributed by atoms with E-state index in [9.17, 15) is 0 Å². The minimum Gasteiger partial charge on any atom is -0.366 e. The van der Waals surface area contributed by atoms with Gasteiger partial charge in [-0.2, -0.15) is 16.7 Å². The third kappa shape index (κ3) is 3.01. The molecule has 0 saturated carbocycles. The molecule has 5 heteroatoms. The lowest BCUT2D eigenvalue weighted by atomic mass is 10.2. The Morgan fingerprint density at radius 3 is 3.06 bits per heavy atom. The largest absolute Gasteiger partial charge is 0.366 e. The highest BCUT2D eigenvalue weighted by Crippen LogP contribution is 2.20. The fourth-order valence-electron chi connectivity index (χ4n) is 1.71. The molecule has 1 aliphatic heterocycles. The molecule has 1 aromatic rings. The molecular formula is C11H18N4S. The zero-order valence-corrected chi connectivity index (χ0v) is 10.6. The van der Waals surface area contributed by atoms with Crippen molar-refractivity contribution >= 4 is 23.5 Å². The molecule has 1 fully saturated rings. The third-order valence-electron chi connectivity index (χ3n) is 2.56. The number of hydrogen-bond donors (Lipinski definition) is 1. The van der Waals surface area contributed by atoms with E-state index in [2.05, 4.69) is 15.3 Å². The molecule has 0 amide bonds. The van der Waals surface area contributed by atoms with Gasteiger partial charge in [0.25, 0.3) is 0 Å². The summed E-state index contributed by atoms with van der Waals surface area (Å²) in [6, 6.07) is 2.50. The van der Waals surface area contributed by atoms with E-state index in [-0.39, 0.29) is 0 Å². The second-order valence-electron chi connectivity index (χ2n) is 4.19. The van der Waals surface area contributed by atoms with Crippen LogP contribution >= 0.6 is 11.8 Å². The molecule has 16 heavy (non-hydrogen) atoms. The van der Waals surface area contributed by atoms with E-state index in [0.29, 0.717) is 6.04 Å². The van der Waals surface area contributed by atoms with Gasteiger partial charge in [0.05, 0.1) is 0 Å². The number of nitrogens with zero attached hydrogens (tertiary/aromatic N) is 3. The zero-order chi connectivity index (χ0) is 11.4. The summed E-state index contributed by atoms with van der Waals surface area (Å²) in [5, 5.41) is 3.48. The summed E-state index contributed by atoms with van der Waals surface area (Å²) in [6.45, 7) is 0. The van der Waals surface area contributed by atoms with Crippen molar-refractivity contribution in [2.24, 2.45) is 0 Å². The number of thioether (sulfide) groups is 1. The minimum atomic E-state index is 0.559. The highest BCUT2D eigenvalue weighted by molar-refractivity contribution is 7.99. The molecule has 0 aliphatic carbocycles. The summed E-state index contributed by atoms with van der Waals surface area (Å²) in [7, 11) is 3.91. The van der Waals surface area contributed by atoms with Gasteiger partial charge in [0, 0.05) is 32.1 Å². The normalized spacial score (nSPS) is 20.5. The Bertz CT molecular complexity index is 337. The average Bonchev–Trinajstić information content (AvgIpc) is 2.30. The van der Waals surface area contributed by atoms with Gasteiger partial charge < -0.3 is 10.2 Å². The van der Waals surface area contributed by atoms with Crippen LogP contribution in [-0.4, -0.2) is 41.6 Å². The van der Waals surface area contributed by atoms with Crippen molar-refractivity contribution in [3.8, 4) is 0 Å². The molecule has 1 saturated heterocycles. The molecule has 0 bridgehead atoms. The Morgan fingerprint density at radius 1 is 1.50 bits per heavy atom. The fraction of sp³-hybridized carbons (Fsp3) is 0.636. The summed E-state index contributed by atoms with van der Waals surface area (Å²) in [6.07, 6.45) is 4.35. The monoisotopic (exact) mass is 238 g/mol. The zero-order valence-electron chi connectivity index (χ0n) is 9.81. The van der Waals surface area contributed by atoms with Crippen LogP contribution in [0.4, 0.5) is 11.8 Å². The molecule has 1 aromatic heterocycles. The maximum Gasteiger partial charge on any atom is 0.226 e. The van der Waals surface area contributed by atoms with Crippen LogP contribution in [0.25, 0.3) is 0 Å². The highest BCUT2D eigenvalue weighted by atomic mass is 32.2. The van der Waals surface area contributed by atoms with E-state index < -0.39 is 0 Å². The van der Waals surface area contributed by atoms with Gasteiger partial charge in [-0.1, -0.05) is 0 Å². The summed E-state index contributed by atoms with van der Waals surface area (Å²) in [5.41, 5.74) is 0. The van der Waals surface area contributed by atoms with Crippen LogP contribution in [-0.2, 0) is 0 Å². The van der Waals surface area contributed by atoms with Crippen LogP contribution in [0.2, 0.25) is 0 Å². The standard InChI is InChI=1S/C11H18N4S/c1-15(2)11-12-6-5-10(14-11)13-9-4-3-7-16-8-9/h5-6,9H,3-4,7-8H2,1-2H3,(H,12,13,14). The van der Waals surface area contributed by atoms with Gasteiger partial charge in [-0.25, -0.2) is 4.98 Å². The van der Waals surface area contributed by atoms with Gasteiger partial charge in [-0.05, 0) is 24.7 Å². The van der Waals surface area contributed by atoms with Crippen molar-refractivity contribution in [2.45, 2.75) is 18.9 Å². The first-order chi connectivity index (χ1) is 7.75. The Labute approximate surface area is 101 Å². The van der Waals surface area contributed by atoms with Gasteiger partial charge >= 0.3 is 0 Å². The Hall–Kier alpha value is -0.970. The molecule has 0 aromatic carbocycles. The topological polar surface area (TPSA) is 41.1 Å². The second-order valence-corrected chi connectivity index (χ2v) is 5.34. The minimum absolute atomic E-state index is 0.559. The molecule has 0 spiro atoms. The SMILES string of the molecule is CN(C)c1nccc(NC2CCCSC2)n1. The number of hydrogen-bond acceptors (Lipinski definition) is 5. The predicted molar refractivity (Wildman–Crippen MR) is 70.3 cm³/mol. The van der Waals surface area contributed by atoms with Crippen molar-refractivity contribution < 1.29 is 0 Å². The van der Waals surface area contributed by atoms with Crippen molar-refractivity contribution in [3.63, 3.8) is 0 Å². The fourth-order valence-corrected chi connectivity index (χ4v) is 2.78. The Morgan fingerprint density at radius 2 is 2.38 bits per heavy atom. The second kappa shape index (κ2) is 5.39. The maximum atomic E-state index is 4.46. The Kier molecular flexibility index (Phi) is 3.88. The number of anilines is 2. The van der Waals surface area contributed by atoms with Gasteiger partial charge in [-0.3, -0.25) is 0 Å². The molecule has 1 aliphatic rings. The number of rotatable bonds is 3. The van der Waals surface area contributed by atoms with E-state index in [1.165, 1.54) is 24.3 Å². The molecule has 1 N–H and O–H groups in total. The lowest BCUT2D eigenvalue weighted by Gasteiger charge is -2.23. The highest BCUT2D eigenvalue weighted by Gasteiger charge is 2.14. The predicted octanol–water partition coefficient (Wildman–Crippen LogP) is 1.85. The van der Waals surface area contributed by atoms with E-state index in [4.69, 9.17) is 0 Å². The van der Waals surface area contributed by atoms with Crippen LogP contribution in [0.15, 0.2) is 12.3 Å². The van der Waals surface area contributed by atoms with E-state index >= 15 is 0 Å². The molecule has 4 nitrogen and oxygen atoms in total. The first kappa shape index (κ1) is 11.5. The summed E-state index contributed by atoms with van der Waals surface area (Å²) < 4.78 is 0. The molecule has 1 unspecified atom stereocenters. The molecular weight excluding hydrogens is 220 g/mol.